The molecular weight excluding hydrogens is 254 g/mol. The van der Waals surface area contributed by atoms with Gasteiger partial charge in [0.15, 0.2) is 5.67 Å². The second-order valence-electron chi connectivity index (χ2n) is 4.18. The summed E-state index contributed by atoms with van der Waals surface area (Å²) in [6.07, 6.45) is -5.70. The van der Waals surface area contributed by atoms with E-state index in [4.69, 9.17) is 5.11 Å². The van der Waals surface area contributed by atoms with Gasteiger partial charge in [0.05, 0.1) is 18.7 Å². The van der Waals surface area contributed by atoms with E-state index in [1.807, 2.05) is 0 Å². The van der Waals surface area contributed by atoms with Crippen LogP contribution in [0.15, 0.2) is 24.3 Å². The van der Waals surface area contributed by atoms with Crippen LogP contribution in [0.3, 0.4) is 0 Å². The number of halogens is 4. The Kier molecular flexibility index (Phi) is 2.71. The van der Waals surface area contributed by atoms with Crippen LogP contribution in [0, 0.1) is 0 Å². The molecule has 0 bridgehead atoms. The molecule has 2 rings (SSSR count). The van der Waals surface area contributed by atoms with Gasteiger partial charge >= 0.3 is 12.3 Å². The van der Waals surface area contributed by atoms with Gasteiger partial charge in [0.1, 0.15) is 0 Å². The standard InChI is InChI=1S/C11H9F4NO2/c12-10(5-16(6-10)9(17)18)7-1-3-8(4-2-7)11(13,14)15/h1-4H,5-6H2,(H,17,18). The third-order valence-corrected chi connectivity index (χ3v) is 2.88. The molecule has 1 aliphatic heterocycles. The summed E-state index contributed by atoms with van der Waals surface area (Å²) in [7, 11) is 0. The zero-order chi connectivity index (χ0) is 13.6. The Morgan fingerprint density at radius 2 is 1.72 bits per heavy atom. The largest absolute Gasteiger partial charge is 0.465 e. The van der Waals surface area contributed by atoms with Crippen molar-refractivity contribution < 1.29 is 27.5 Å². The molecule has 3 nitrogen and oxygen atoms in total. The number of rotatable bonds is 1. The Balaban J connectivity index is 2.14. The Morgan fingerprint density at radius 3 is 2.11 bits per heavy atom. The highest BCUT2D eigenvalue weighted by Gasteiger charge is 2.47. The molecule has 1 fully saturated rings. The molecule has 98 valence electrons. The third kappa shape index (κ3) is 2.12. The molecule has 0 atom stereocenters. The number of hydrogen-bond acceptors (Lipinski definition) is 1. The SMILES string of the molecule is O=C(O)N1CC(F)(c2ccc(C(F)(F)F)cc2)C1. The van der Waals surface area contributed by atoms with Gasteiger partial charge in [-0.25, -0.2) is 9.18 Å². The molecule has 1 amide bonds. The summed E-state index contributed by atoms with van der Waals surface area (Å²) < 4.78 is 51.0. The van der Waals surface area contributed by atoms with E-state index in [1.165, 1.54) is 0 Å². The Hall–Kier alpha value is -1.79. The van der Waals surface area contributed by atoms with Crippen molar-refractivity contribution in [3.63, 3.8) is 0 Å². The topological polar surface area (TPSA) is 40.5 Å². The van der Waals surface area contributed by atoms with Crippen LogP contribution in [-0.2, 0) is 11.8 Å². The average molecular weight is 263 g/mol. The lowest BCUT2D eigenvalue weighted by Gasteiger charge is -2.42. The summed E-state index contributed by atoms with van der Waals surface area (Å²) in [6.45, 7) is -0.707. The van der Waals surface area contributed by atoms with E-state index >= 15 is 0 Å². The highest BCUT2D eigenvalue weighted by Crippen LogP contribution is 2.37. The van der Waals surface area contributed by atoms with E-state index in [-0.39, 0.29) is 18.7 Å². The molecule has 1 heterocycles. The van der Waals surface area contributed by atoms with E-state index in [2.05, 4.69) is 0 Å². The molecule has 1 saturated heterocycles. The van der Waals surface area contributed by atoms with Crippen LogP contribution in [-0.4, -0.2) is 29.2 Å². The van der Waals surface area contributed by atoms with Crippen LogP contribution >= 0.6 is 0 Å². The summed E-state index contributed by atoms with van der Waals surface area (Å²) in [5, 5.41) is 8.57. The predicted octanol–water partition coefficient (Wildman–Crippen LogP) is 2.86. The summed E-state index contributed by atoms with van der Waals surface area (Å²) in [6, 6.07) is 3.67. The van der Waals surface area contributed by atoms with Gasteiger partial charge in [0, 0.05) is 0 Å². The smallest absolute Gasteiger partial charge is 0.416 e. The molecule has 0 spiro atoms. The van der Waals surface area contributed by atoms with Gasteiger partial charge in [-0.2, -0.15) is 13.2 Å². The number of nitrogens with zero attached hydrogens (tertiary/aromatic N) is 1. The van der Waals surface area contributed by atoms with Crippen molar-refractivity contribution in [2.24, 2.45) is 0 Å². The summed E-state index contributed by atoms with van der Waals surface area (Å²) in [5.74, 6) is 0. The van der Waals surface area contributed by atoms with E-state index in [1.54, 1.807) is 0 Å². The minimum Gasteiger partial charge on any atom is -0.465 e. The van der Waals surface area contributed by atoms with Crippen LogP contribution in [0.2, 0.25) is 0 Å². The first-order chi connectivity index (χ1) is 8.22. The first-order valence-electron chi connectivity index (χ1n) is 5.07. The summed E-state index contributed by atoms with van der Waals surface area (Å²) >= 11 is 0. The number of hydrogen-bond donors (Lipinski definition) is 1. The first-order valence-corrected chi connectivity index (χ1v) is 5.07. The van der Waals surface area contributed by atoms with Crippen molar-refractivity contribution in [2.45, 2.75) is 11.8 Å². The minimum absolute atomic E-state index is 0.0630. The molecule has 7 heteroatoms. The van der Waals surface area contributed by atoms with Crippen LogP contribution in [0.1, 0.15) is 11.1 Å². The Labute approximate surface area is 99.6 Å². The lowest BCUT2D eigenvalue weighted by atomic mass is 9.88. The molecule has 1 aromatic rings. The van der Waals surface area contributed by atoms with Crippen molar-refractivity contribution >= 4 is 6.09 Å². The first kappa shape index (κ1) is 12.7. The van der Waals surface area contributed by atoms with Crippen LogP contribution < -0.4 is 0 Å². The maximum absolute atomic E-state index is 14.1. The van der Waals surface area contributed by atoms with Gasteiger partial charge in [0.2, 0.25) is 0 Å². The molecule has 0 aliphatic carbocycles. The van der Waals surface area contributed by atoms with Crippen molar-refractivity contribution in [1.82, 2.24) is 4.90 Å². The zero-order valence-corrected chi connectivity index (χ0v) is 9.04. The summed E-state index contributed by atoms with van der Waals surface area (Å²) in [4.78, 5) is 11.4. The van der Waals surface area contributed by atoms with Crippen molar-refractivity contribution in [3.05, 3.63) is 35.4 Å². The average Bonchev–Trinajstić information content (AvgIpc) is 2.23. The zero-order valence-electron chi connectivity index (χ0n) is 9.04. The van der Waals surface area contributed by atoms with Crippen LogP contribution in [0.25, 0.3) is 0 Å². The van der Waals surface area contributed by atoms with Gasteiger partial charge in [0.25, 0.3) is 0 Å². The van der Waals surface area contributed by atoms with Gasteiger partial charge < -0.3 is 10.0 Å². The Bertz CT molecular complexity index is 463. The number of likely N-dealkylation sites (tertiary alicyclic amines) is 1. The molecule has 0 saturated carbocycles. The summed E-state index contributed by atoms with van der Waals surface area (Å²) in [5.41, 5.74) is -2.68. The van der Waals surface area contributed by atoms with Crippen molar-refractivity contribution in [1.29, 1.82) is 0 Å². The van der Waals surface area contributed by atoms with E-state index < -0.39 is 23.5 Å². The van der Waals surface area contributed by atoms with Gasteiger partial charge in [-0.1, -0.05) is 12.1 Å². The molecule has 1 aliphatic rings. The molecule has 0 radical (unpaired) electrons. The van der Waals surface area contributed by atoms with E-state index in [0.29, 0.717) is 0 Å². The predicted molar refractivity (Wildman–Crippen MR) is 53.8 cm³/mol. The molecular formula is C11H9F4NO2. The lowest BCUT2D eigenvalue weighted by Crippen LogP contribution is -2.58. The number of alkyl halides is 4. The molecule has 0 aromatic heterocycles. The second kappa shape index (κ2) is 3.86. The highest BCUT2D eigenvalue weighted by molar-refractivity contribution is 5.67. The quantitative estimate of drug-likeness (QED) is 0.791. The maximum Gasteiger partial charge on any atom is 0.416 e. The van der Waals surface area contributed by atoms with Crippen LogP contribution in [0.4, 0.5) is 22.4 Å². The monoisotopic (exact) mass is 263 g/mol. The van der Waals surface area contributed by atoms with Crippen molar-refractivity contribution in [3.8, 4) is 0 Å². The van der Waals surface area contributed by atoms with E-state index in [9.17, 15) is 22.4 Å². The van der Waals surface area contributed by atoms with Gasteiger partial charge in [-0.15, -0.1) is 0 Å². The van der Waals surface area contributed by atoms with Crippen LogP contribution in [0.5, 0.6) is 0 Å². The minimum atomic E-state index is -4.46. The third-order valence-electron chi connectivity index (χ3n) is 2.88. The van der Waals surface area contributed by atoms with Crippen molar-refractivity contribution in [2.75, 3.05) is 13.1 Å². The van der Waals surface area contributed by atoms with E-state index in [0.717, 1.165) is 29.2 Å². The fourth-order valence-corrected chi connectivity index (χ4v) is 1.83. The Morgan fingerprint density at radius 1 is 1.22 bits per heavy atom. The maximum atomic E-state index is 14.1. The lowest BCUT2D eigenvalue weighted by molar-refractivity contribution is -0.137. The van der Waals surface area contributed by atoms with Gasteiger partial charge in [-0.05, 0) is 17.7 Å². The fraction of sp³-hybridized carbons (Fsp3) is 0.364. The van der Waals surface area contributed by atoms with Gasteiger partial charge in [-0.3, -0.25) is 0 Å². The highest BCUT2D eigenvalue weighted by atomic mass is 19.4. The molecule has 1 N–H and O–H groups in total. The molecule has 1 aromatic carbocycles. The normalized spacial score (nSPS) is 18.3. The number of carbonyl (C=O) groups is 1. The number of carboxylic acid groups (broad SMARTS) is 1. The fourth-order valence-electron chi connectivity index (χ4n) is 1.83. The number of benzene rings is 1. The molecule has 18 heavy (non-hydrogen) atoms. The molecule has 0 unspecified atom stereocenters. The second-order valence-corrected chi connectivity index (χ2v) is 4.18. The number of amides is 1.